The van der Waals surface area contributed by atoms with Gasteiger partial charge in [-0.3, -0.25) is 24.0 Å². The highest BCUT2D eigenvalue weighted by Gasteiger charge is 2.30. The summed E-state index contributed by atoms with van der Waals surface area (Å²) in [6.07, 6.45) is -0.295. The molecule has 0 aliphatic carbocycles. The molecule has 216 valence electrons. The molecular formula is C25H37N5O9. The number of carbonyl (C=O) groups excluding carboxylic acids is 3. The van der Waals surface area contributed by atoms with E-state index in [0.29, 0.717) is 24.9 Å². The second-order valence-electron chi connectivity index (χ2n) is 8.97. The molecule has 39 heavy (non-hydrogen) atoms. The maximum Gasteiger partial charge on any atom is 0.326 e. The van der Waals surface area contributed by atoms with Crippen LogP contribution in [-0.2, 0) is 35.2 Å². The number of hydrogen-bond donors (Lipinski definition) is 8. The quantitative estimate of drug-likeness (QED) is 0.0963. The zero-order valence-corrected chi connectivity index (χ0v) is 21.5. The third-order valence-corrected chi connectivity index (χ3v) is 5.76. The minimum Gasteiger partial charge on any atom is -0.481 e. The van der Waals surface area contributed by atoms with Crippen LogP contribution in [0.3, 0.4) is 0 Å². The van der Waals surface area contributed by atoms with E-state index < -0.39 is 66.2 Å². The normalized spacial score (nSPS) is 13.8. The first-order valence-corrected chi connectivity index (χ1v) is 12.5. The maximum atomic E-state index is 13.3. The van der Waals surface area contributed by atoms with E-state index in [1.54, 1.807) is 30.3 Å². The summed E-state index contributed by atoms with van der Waals surface area (Å²) in [4.78, 5) is 72.1. The molecule has 14 nitrogen and oxygen atoms in total. The molecule has 1 rings (SSSR count). The van der Waals surface area contributed by atoms with Gasteiger partial charge in [-0.2, -0.15) is 0 Å². The molecule has 14 heteroatoms. The molecule has 1 aromatic carbocycles. The number of unbranched alkanes of at least 4 members (excludes halogenated alkanes) is 1. The molecule has 10 N–H and O–H groups in total. The Morgan fingerprint density at radius 1 is 0.692 bits per heavy atom. The summed E-state index contributed by atoms with van der Waals surface area (Å²) < 4.78 is 0. The van der Waals surface area contributed by atoms with Crippen molar-refractivity contribution in [3.05, 3.63) is 35.9 Å². The van der Waals surface area contributed by atoms with Gasteiger partial charge in [-0.05, 0) is 44.2 Å². The van der Waals surface area contributed by atoms with E-state index >= 15 is 0 Å². The highest BCUT2D eigenvalue weighted by atomic mass is 16.4. The summed E-state index contributed by atoms with van der Waals surface area (Å²) in [5.74, 6) is -6.13. The number of hydrogen-bond acceptors (Lipinski definition) is 8. The molecule has 0 bridgehead atoms. The lowest BCUT2D eigenvalue weighted by molar-refractivity contribution is -0.143. The Kier molecular flexibility index (Phi) is 14.8. The van der Waals surface area contributed by atoms with Gasteiger partial charge in [0, 0.05) is 19.3 Å². The zero-order valence-electron chi connectivity index (χ0n) is 21.5. The van der Waals surface area contributed by atoms with Crippen molar-refractivity contribution < 1.29 is 44.1 Å². The Bertz CT molecular complexity index is 989. The van der Waals surface area contributed by atoms with Gasteiger partial charge in [0.25, 0.3) is 0 Å². The topological polar surface area (TPSA) is 251 Å². The van der Waals surface area contributed by atoms with Crippen molar-refractivity contribution in [1.82, 2.24) is 16.0 Å². The van der Waals surface area contributed by atoms with Gasteiger partial charge in [0.05, 0.1) is 6.04 Å². The summed E-state index contributed by atoms with van der Waals surface area (Å²) in [5.41, 5.74) is 12.0. The number of nitrogens with one attached hydrogen (secondary N) is 3. The van der Waals surface area contributed by atoms with Crippen LogP contribution in [0.4, 0.5) is 0 Å². The summed E-state index contributed by atoms with van der Waals surface area (Å²) >= 11 is 0. The number of carbonyl (C=O) groups is 6. The van der Waals surface area contributed by atoms with E-state index in [2.05, 4.69) is 16.0 Å². The van der Waals surface area contributed by atoms with Gasteiger partial charge in [0.15, 0.2) is 0 Å². The fourth-order valence-electron chi connectivity index (χ4n) is 3.58. The number of amides is 3. The maximum absolute atomic E-state index is 13.3. The molecule has 0 aliphatic rings. The summed E-state index contributed by atoms with van der Waals surface area (Å²) in [6.45, 7) is 0.319. The first kappa shape index (κ1) is 33.0. The number of nitrogens with two attached hydrogens (primary N) is 2. The van der Waals surface area contributed by atoms with Crippen molar-refractivity contribution >= 4 is 35.6 Å². The molecule has 0 saturated carbocycles. The number of benzene rings is 1. The molecule has 1 aromatic rings. The van der Waals surface area contributed by atoms with Crippen molar-refractivity contribution in [2.24, 2.45) is 11.5 Å². The van der Waals surface area contributed by atoms with Crippen LogP contribution in [0.5, 0.6) is 0 Å². The number of aliphatic carboxylic acids is 3. The molecular weight excluding hydrogens is 514 g/mol. The van der Waals surface area contributed by atoms with Crippen LogP contribution in [0.15, 0.2) is 30.3 Å². The molecule has 0 radical (unpaired) electrons. The SMILES string of the molecule is NCCCCC(NC(=O)C(Cc1ccccc1)NC(=O)C(N)CCC(=O)O)C(=O)NC(CCC(=O)O)C(=O)O. The van der Waals surface area contributed by atoms with E-state index in [4.69, 9.17) is 21.7 Å². The van der Waals surface area contributed by atoms with Gasteiger partial charge in [-0.25, -0.2) is 4.79 Å². The van der Waals surface area contributed by atoms with Crippen molar-refractivity contribution in [1.29, 1.82) is 0 Å². The van der Waals surface area contributed by atoms with Gasteiger partial charge < -0.3 is 42.7 Å². The van der Waals surface area contributed by atoms with E-state index in [9.17, 15) is 33.9 Å². The Morgan fingerprint density at radius 3 is 1.79 bits per heavy atom. The zero-order chi connectivity index (χ0) is 29.4. The molecule has 0 heterocycles. The van der Waals surface area contributed by atoms with E-state index in [1.165, 1.54) is 0 Å². The largest absolute Gasteiger partial charge is 0.481 e. The van der Waals surface area contributed by atoms with E-state index in [1.807, 2.05) is 0 Å². The lowest BCUT2D eigenvalue weighted by Gasteiger charge is -2.25. The first-order valence-electron chi connectivity index (χ1n) is 12.5. The van der Waals surface area contributed by atoms with Gasteiger partial charge in [0.2, 0.25) is 17.7 Å². The van der Waals surface area contributed by atoms with Crippen molar-refractivity contribution in [3.63, 3.8) is 0 Å². The summed E-state index contributed by atoms with van der Waals surface area (Å²) in [7, 11) is 0. The number of carboxylic acids is 3. The second kappa shape index (κ2) is 17.5. The van der Waals surface area contributed by atoms with Gasteiger partial charge in [-0.15, -0.1) is 0 Å². The average molecular weight is 552 g/mol. The molecule has 4 unspecified atom stereocenters. The molecule has 4 atom stereocenters. The van der Waals surface area contributed by atoms with Crippen LogP contribution >= 0.6 is 0 Å². The smallest absolute Gasteiger partial charge is 0.326 e. The van der Waals surface area contributed by atoms with Crippen LogP contribution in [0.2, 0.25) is 0 Å². The monoisotopic (exact) mass is 551 g/mol. The van der Waals surface area contributed by atoms with Crippen molar-refractivity contribution in [2.45, 2.75) is 75.5 Å². The Labute approximate surface area is 225 Å². The van der Waals surface area contributed by atoms with Gasteiger partial charge in [-0.1, -0.05) is 30.3 Å². The van der Waals surface area contributed by atoms with Crippen LogP contribution < -0.4 is 27.4 Å². The van der Waals surface area contributed by atoms with Crippen molar-refractivity contribution in [2.75, 3.05) is 6.54 Å². The van der Waals surface area contributed by atoms with Gasteiger partial charge >= 0.3 is 17.9 Å². The van der Waals surface area contributed by atoms with Crippen molar-refractivity contribution in [3.8, 4) is 0 Å². The lowest BCUT2D eigenvalue weighted by atomic mass is 10.0. The highest BCUT2D eigenvalue weighted by molar-refractivity contribution is 5.94. The fourth-order valence-corrected chi connectivity index (χ4v) is 3.58. The highest BCUT2D eigenvalue weighted by Crippen LogP contribution is 2.08. The molecule has 0 fully saturated rings. The van der Waals surface area contributed by atoms with Crippen LogP contribution in [0, 0.1) is 0 Å². The lowest BCUT2D eigenvalue weighted by Crippen LogP contribution is -2.57. The Hall–Kier alpha value is -4.04. The first-order chi connectivity index (χ1) is 18.4. The standard InChI is InChI=1S/C25H37N5O9/c26-13-5-4-8-17(23(36)29-18(25(38)39)10-12-21(33)34)28-24(37)19(14-15-6-2-1-3-7-15)30-22(35)16(27)9-11-20(31)32/h1-3,6-7,16-19H,4-5,8-14,26-27H2,(H,28,37)(H,29,36)(H,30,35)(H,31,32)(H,33,34)(H,38,39). The van der Waals surface area contributed by atoms with E-state index in [0.717, 1.165) is 0 Å². The minimum absolute atomic E-state index is 0.0254. The third-order valence-electron chi connectivity index (χ3n) is 5.76. The molecule has 0 saturated heterocycles. The second-order valence-corrected chi connectivity index (χ2v) is 8.97. The van der Waals surface area contributed by atoms with Gasteiger partial charge in [0.1, 0.15) is 18.1 Å². The Balaban J connectivity index is 3.09. The third kappa shape index (κ3) is 13.4. The average Bonchev–Trinajstić information content (AvgIpc) is 2.88. The van der Waals surface area contributed by atoms with Crippen LogP contribution in [0.25, 0.3) is 0 Å². The van der Waals surface area contributed by atoms with Crippen LogP contribution in [0.1, 0.15) is 50.5 Å². The molecule has 3 amide bonds. The minimum atomic E-state index is -1.49. The summed E-state index contributed by atoms with van der Waals surface area (Å²) in [5, 5.41) is 34.4. The van der Waals surface area contributed by atoms with Crippen LogP contribution in [-0.4, -0.2) is 81.7 Å². The van der Waals surface area contributed by atoms with E-state index in [-0.39, 0.29) is 32.1 Å². The predicted octanol–water partition coefficient (Wildman–Crippen LogP) is -1.05. The molecule has 0 spiro atoms. The number of carboxylic acid groups (broad SMARTS) is 3. The fraction of sp³-hybridized carbons (Fsp3) is 0.520. The predicted molar refractivity (Wildman–Crippen MR) is 138 cm³/mol. The molecule has 0 aliphatic heterocycles. The Morgan fingerprint density at radius 2 is 1.23 bits per heavy atom. The molecule has 0 aromatic heterocycles. The number of rotatable bonds is 19. The summed E-state index contributed by atoms with van der Waals surface area (Å²) in [6, 6.07) is 3.60.